The van der Waals surface area contributed by atoms with Gasteiger partial charge in [0.2, 0.25) is 0 Å². The van der Waals surface area contributed by atoms with Gasteiger partial charge in [0.1, 0.15) is 23.4 Å². The highest BCUT2D eigenvalue weighted by atomic mass is 32.1. The minimum absolute atomic E-state index is 0.177. The number of thiocarbonyl (C=S) groups is 1. The first-order chi connectivity index (χ1) is 15.1. The molecular formula is C24H21N3O2S2. The molecule has 1 aliphatic rings. The zero-order valence-electron chi connectivity index (χ0n) is 16.8. The Morgan fingerprint density at radius 3 is 2.74 bits per heavy atom. The summed E-state index contributed by atoms with van der Waals surface area (Å²) in [6.07, 6.45) is 4.15. The molecule has 0 saturated heterocycles. The summed E-state index contributed by atoms with van der Waals surface area (Å²) < 4.78 is 5.80. The topological polar surface area (TPSA) is 74.2 Å². The second kappa shape index (κ2) is 9.73. The maximum atomic E-state index is 12.7. The number of ether oxygens (including phenoxy) is 1. The van der Waals surface area contributed by atoms with Gasteiger partial charge in [0.25, 0.3) is 5.91 Å². The molecule has 2 aromatic carbocycles. The molecule has 0 saturated carbocycles. The number of nitrogens with zero attached hydrogens (tertiary/aromatic N) is 1. The normalized spacial score (nSPS) is 12.4. The fourth-order valence-electron chi connectivity index (χ4n) is 3.55. The summed E-state index contributed by atoms with van der Waals surface area (Å²) in [4.78, 5) is 13.9. The van der Waals surface area contributed by atoms with E-state index in [1.807, 2.05) is 36.4 Å². The minimum atomic E-state index is -0.331. The van der Waals surface area contributed by atoms with Crippen LogP contribution in [0.15, 0.2) is 54.6 Å². The number of amides is 1. The van der Waals surface area contributed by atoms with Gasteiger partial charge in [0.05, 0.1) is 5.56 Å². The Balaban J connectivity index is 1.39. The fourth-order valence-corrected chi connectivity index (χ4v) is 5.05. The number of fused-ring (bicyclic) bond motifs is 1. The molecule has 1 amide bonds. The van der Waals surface area contributed by atoms with Crippen LogP contribution in [-0.4, -0.2) is 11.0 Å². The van der Waals surface area contributed by atoms with Gasteiger partial charge in [-0.05, 0) is 67.2 Å². The fraction of sp³-hybridized carbons (Fsp3) is 0.208. The average molecular weight is 448 g/mol. The van der Waals surface area contributed by atoms with Crippen molar-refractivity contribution in [3.63, 3.8) is 0 Å². The van der Waals surface area contributed by atoms with Crippen molar-refractivity contribution in [1.29, 1.82) is 5.26 Å². The lowest BCUT2D eigenvalue weighted by Crippen LogP contribution is -2.34. The first-order valence-corrected chi connectivity index (χ1v) is 11.3. The van der Waals surface area contributed by atoms with Gasteiger partial charge in [-0.15, -0.1) is 11.3 Å². The summed E-state index contributed by atoms with van der Waals surface area (Å²) in [7, 11) is 0. The Morgan fingerprint density at radius 1 is 1.13 bits per heavy atom. The molecule has 7 heteroatoms. The number of anilines is 1. The Hall–Kier alpha value is -3.21. The summed E-state index contributed by atoms with van der Waals surface area (Å²) in [5.41, 5.74) is 3.27. The molecule has 31 heavy (non-hydrogen) atoms. The van der Waals surface area contributed by atoms with Crippen molar-refractivity contribution >= 4 is 39.6 Å². The lowest BCUT2D eigenvalue weighted by atomic mass is 9.96. The van der Waals surface area contributed by atoms with Crippen molar-refractivity contribution < 1.29 is 9.53 Å². The zero-order chi connectivity index (χ0) is 21.6. The molecule has 156 valence electrons. The molecule has 0 unspecified atom stereocenters. The second-order valence-electron chi connectivity index (χ2n) is 7.24. The number of carbonyl (C=O) groups excluding carboxylic acids is 1. The van der Waals surface area contributed by atoms with E-state index in [0.29, 0.717) is 28.5 Å². The lowest BCUT2D eigenvalue weighted by Gasteiger charge is -2.11. The van der Waals surface area contributed by atoms with E-state index in [-0.39, 0.29) is 11.0 Å². The Labute approximate surface area is 190 Å². The highest BCUT2D eigenvalue weighted by Crippen LogP contribution is 2.37. The van der Waals surface area contributed by atoms with Crippen LogP contribution in [0.4, 0.5) is 5.00 Å². The second-order valence-corrected chi connectivity index (χ2v) is 8.75. The van der Waals surface area contributed by atoms with Crippen molar-refractivity contribution in [2.24, 2.45) is 0 Å². The number of rotatable bonds is 5. The monoisotopic (exact) mass is 447 g/mol. The number of benzene rings is 2. The average Bonchev–Trinajstić information content (AvgIpc) is 3.15. The number of nitrogens with one attached hydrogen (secondary N) is 2. The molecule has 5 nitrogen and oxygen atoms in total. The van der Waals surface area contributed by atoms with Crippen LogP contribution in [-0.2, 0) is 19.4 Å². The van der Waals surface area contributed by atoms with E-state index in [1.165, 1.54) is 4.88 Å². The van der Waals surface area contributed by atoms with Gasteiger partial charge in [0, 0.05) is 10.4 Å². The molecule has 4 rings (SSSR count). The smallest absolute Gasteiger partial charge is 0.257 e. The van der Waals surface area contributed by atoms with E-state index in [0.717, 1.165) is 36.8 Å². The predicted molar refractivity (Wildman–Crippen MR) is 127 cm³/mol. The van der Waals surface area contributed by atoms with E-state index < -0.39 is 0 Å². The summed E-state index contributed by atoms with van der Waals surface area (Å²) in [6, 6.07) is 19.1. The van der Waals surface area contributed by atoms with Crippen LogP contribution >= 0.6 is 23.6 Å². The van der Waals surface area contributed by atoms with Crippen molar-refractivity contribution in [3.05, 3.63) is 81.7 Å². The van der Waals surface area contributed by atoms with Gasteiger partial charge >= 0.3 is 0 Å². The van der Waals surface area contributed by atoms with Crippen LogP contribution in [0.25, 0.3) is 0 Å². The summed E-state index contributed by atoms with van der Waals surface area (Å²) in [5.74, 6) is 0.274. The molecule has 2 N–H and O–H groups in total. The van der Waals surface area contributed by atoms with Gasteiger partial charge in [-0.1, -0.05) is 36.4 Å². The van der Waals surface area contributed by atoms with Gasteiger partial charge in [-0.3, -0.25) is 10.1 Å². The third-order valence-corrected chi connectivity index (χ3v) is 6.49. The number of hydrogen-bond donors (Lipinski definition) is 2. The molecule has 3 aromatic rings. The minimum Gasteiger partial charge on any atom is -0.489 e. The number of hydrogen-bond acceptors (Lipinski definition) is 5. The first kappa shape index (κ1) is 21.0. The highest BCUT2D eigenvalue weighted by molar-refractivity contribution is 7.80. The SMILES string of the molecule is N#Cc1c(NC(=S)NC(=O)c2cccc(OCc3ccccc3)c2)sc2c1CCCC2. The Kier molecular flexibility index (Phi) is 6.60. The number of carbonyl (C=O) groups is 1. The molecule has 1 aromatic heterocycles. The molecule has 1 aliphatic carbocycles. The predicted octanol–water partition coefficient (Wildman–Crippen LogP) is 5.20. The van der Waals surface area contributed by atoms with E-state index in [9.17, 15) is 10.1 Å². The van der Waals surface area contributed by atoms with Crippen LogP contribution < -0.4 is 15.4 Å². The lowest BCUT2D eigenvalue weighted by molar-refractivity contribution is 0.0977. The quantitative estimate of drug-likeness (QED) is 0.526. The maximum absolute atomic E-state index is 12.7. The molecule has 1 heterocycles. The zero-order valence-corrected chi connectivity index (χ0v) is 18.4. The van der Waals surface area contributed by atoms with Gasteiger partial charge in [-0.2, -0.15) is 5.26 Å². The van der Waals surface area contributed by atoms with Crippen LogP contribution in [0.2, 0.25) is 0 Å². The molecule has 0 fully saturated rings. The Bertz CT molecular complexity index is 1150. The maximum Gasteiger partial charge on any atom is 0.257 e. The van der Waals surface area contributed by atoms with Gasteiger partial charge in [-0.25, -0.2) is 0 Å². The van der Waals surface area contributed by atoms with Crippen molar-refractivity contribution in [1.82, 2.24) is 5.32 Å². The number of aryl methyl sites for hydroxylation is 1. The van der Waals surface area contributed by atoms with Crippen LogP contribution in [0.1, 0.15) is 44.8 Å². The van der Waals surface area contributed by atoms with Gasteiger partial charge in [0.15, 0.2) is 5.11 Å². The molecule has 0 bridgehead atoms. The van der Waals surface area contributed by atoms with Crippen LogP contribution in [0.3, 0.4) is 0 Å². The van der Waals surface area contributed by atoms with Gasteiger partial charge < -0.3 is 10.1 Å². The number of thiophene rings is 1. The standard InChI is InChI=1S/C24H21N3O2S2/c25-14-20-19-11-4-5-12-21(19)31-23(20)27-24(30)26-22(28)17-9-6-10-18(13-17)29-15-16-7-2-1-3-8-16/h1-3,6-10,13H,4-5,11-12,15H2,(H2,26,27,28,30). The molecular weight excluding hydrogens is 426 g/mol. The van der Waals surface area contributed by atoms with Crippen LogP contribution in [0, 0.1) is 11.3 Å². The highest BCUT2D eigenvalue weighted by Gasteiger charge is 2.21. The number of nitriles is 1. The van der Waals surface area contributed by atoms with Crippen molar-refractivity contribution in [2.45, 2.75) is 32.3 Å². The van der Waals surface area contributed by atoms with E-state index in [1.54, 1.807) is 29.5 Å². The van der Waals surface area contributed by atoms with Crippen molar-refractivity contribution in [3.8, 4) is 11.8 Å². The third kappa shape index (κ3) is 5.10. The first-order valence-electron chi connectivity index (χ1n) is 10.1. The molecule has 0 spiro atoms. The summed E-state index contributed by atoms with van der Waals surface area (Å²) in [5, 5.41) is 16.2. The summed E-state index contributed by atoms with van der Waals surface area (Å²) >= 11 is 6.88. The van der Waals surface area contributed by atoms with Crippen molar-refractivity contribution in [2.75, 3.05) is 5.32 Å². The molecule has 0 radical (unpaired) electrons. The summed E-state index contributed by atoms with van der Waals surface area (Å²) in [6.45, 7) is 0.422. The molecule has 0 atom stereocenters. The van der Waals surface area contributed by atoms with E-state index >= 15 is 0 Å². The third-order valence-electron chi connectivity index (χ3n) is 5.08. The van der Waals surface area contributed by atoms with Crippen LogP contribution in [0.5, 0.6) is 5.75 Å². The molecule has 0 aliphatic heterocycles. The Morgan fingerprint density at radius 2 is 1.94 bits per heavy atom. The van der Waals surface area contributed by atoms with E-state index in [2.05, 4.69) is 16.7 Å². The van der Waals surface area contributed by atoms with E-state index in [4.69, 9.17) is 17.0 Å². The largest absolute Gasteiger partial charge is 0.489 e.